The van der Waals surface area contributed by atoms with E-state index in [-0.39, 0.29) is 12.6 Å². The van der Waals surface area contributed by atoms with Crippen LogP contribution in [0.4, 0.5) is 4.79 Å². The zero-order valence-electron chi connectivity index (χ0n) is 13.8. The van der Waals surface area contributed by atoms with Gasteiger partial charge in [-0.2, -0.15) is 0 Å². The molecule has 3 aromatic rings. The minimum atomic E-state index is -0.272. The lowest BCUT2D eigenvalue weighted by atomic mass is 10.1. The van der Waals surface area contributed by atoms with Gasteiger partial charge in [-0.05, 0) is 30.2 Å². The Morgan fingerprint density at radius 1 is 1.24 bits per heavy atom. The first-order valence-electron chi connectivity index (χ1n) is 7.85. The third-order valence-corrected chi connectivity index (χ3v) is 3.56. The molecule has 0 fully saturated rings. The highest BCUT2D eigenvalue weighted by Gasteiger charge is 2.09. The molecule has 0 saturated heterocycles. The Morgan fingerprint density at radius 3 is 2.92 bits per heavy atom. The molecule has 0 atom stereocenters. The predicted octanol–water partition coefficient (Wildman–Crippen LogP) is 2.12. The van der Waals surface area contributed by atoms with Gasteiger partial charge in [-0.1, -0.05) is 18.2 Å². The molecule has 130 valence electrons. The molecule has 0 aliphatic heterocycles. The van der Waals surface area contributed by atoms with Gasteiger partial charge in [0, 0.05) is 6.54 Å². The van der Waals surface area contributed by atoms with Gasteiger partial charge in [-0.15, -0.1) is 5.10 Å². The SMILES string of the molecule is COc1ccccc1CCNC(=O)NCc1nc(-c2ccco2)n[nH]1. The second kappa shape index (κ2) is 8.00. The highest BCUT2D eigenvalue weighted by molar-refractivity contribution is 5.73. The van der Waals surface area contributed by atoms with Crippen molar-refractivity contribution >= 4 is 6.03 Å². The van der Waals surface area contributed by atoms with Crippen molar-refractivity contribution < 1.29 is 13.9 Å². The monoisotopic (exact) mass is 341 g/mol. The standard InChI is InChI=1S/C17H19N5O3/c1-24-13-6-3-2-5-12(13)8-9-18-17(23)19-11-15-20-16(22-21-15)14-7-4-10-25-14/h2-7,10H,8-9,11H2,1H3,(H2,18,19,23)(H,20,21,22). The average molecular weight is 341 g/mol. The van der Waals surface area contributed by atoms with Crippen LogP contribution in [-0.4, -0.2) is 34.9 Å². The molecule has 2 aromatic heterocycles. The quantitative estimate of drug-likeness (QED) is 0.610. The smallest absolute Gasteiger partial charge is 0.315 e. The topological polar surface area (TPSA) is 105 Å². The molecule has 0 aliphatic carbocycles. The predicted molar refractivity (Wildman–Crippen MR) is 91.0 cm³/mol. The summed E-state index contributed by atoms with van der Waals surface area (Å²) in [7, 11) is 1.63. The van der Waals surface area contributed by atoms with Crippen molar-refractivity contribution in [2.75, 3.05) is 13.7 Å². The molecule has 3 rings (SSSR count). The summed E-state index contributed by atoms with van der Waals surface area (Å²) in [5.74, 6) is 2.39. The molecular formula is C17H19N5O3. The van der Waals surface area contributed by atoms with Crippen LogP contribution in [0.25, 0.3) is 11.6 Å². The van der Waals surface area contributed by atoms with Crippen LogP contribution in [0.2, 0.25) is 0 Å². The molecule has 0 spiro atoms. The summed E-state index contributed by atoms with van der Waals surface area (Å²) in [6, 6.07) is 11.0. The van der Waals surface area contributed by atoms with Crippen LogP contribution in [0.1, 0.15) is 11.4 Å². The van der Waals surface area contributed by atoms with Crippen molar-refractivity contribution in [1.82, 2.24) is 25.8 Å². The number of aromatic amines is 1. The van der Waals surface area contributed by atoms with Crippen LogP contribution in [-0.2, 0) is 13.0 Å². The molecule has 0 unspecified atom stereocenters. The number of methoxy groups -OCH3 is 1. The van der Waals surface area contributed by atoms with E-state index in [1.165, 1.54) is 0 Å². The van der Waals surface area contributed by atoms with Crippen molar-refractivity contribution in [3.63, 3.8) is 0 Å². The van der Waals surface area contributed by atoms with E-state index in [0.717, 1.165) is 11.3 Å². The number of urea groups is 1. The lowest BCUT2D eigenvalue weighted by Crippen LogP contribution is -2.36. The first kappa shape index (κ1) is 16.6. The average Bonchev–Trinajstić information content (AvgIpc) is 3.32. The summed E-state index contributed by atoms with van der Waals surface area (Å²) in [5.41, 5.74) is 1.05. The van der Waals surface area contributed by atoms with Crippen LogP contribution >= 0.6 is 0 Å². The molecule has 0 bridgehead atoms. The second-order valence-electron chi connectivity index (χ2n) is 5.25. The Kier molecular flexibility index (Phi) is 5.30. The van der Waals surface area contributed by atoms with Crippen molar-refractivity contribution in [2.45, 2.75) is 13.0 Å². The molecule has 0 radical (unpaired) electrons. The second-order valence-corrected chi connectivity index (χ2v) is 5.25. The molecule has 8 nitrogen and oxygen atoms in total. The number of benzene rings is 1. The van der Waals surface area contributed by atoms with Gasteiger partial charge in [0.1, 0.15) is 11.6 Å². The molecule has 2 heterocycles. The number of hydrogen-bond donors (Lipinski definition) is 3. The Balaban J connectivity index is 1.42. The van der Waals surface area contributed by atoms with Crippen LogP contribution < -0.4 is 15.4 Å². The lowest BCUT2D eigenvalue weighted by molar-refractivity contribution is 0.240. The van der Waals surface area contributed by atoms with Crippen molar-refractivity contribution in [3.8, 4) is 17.3 Å². The maximum atomic E-state index is 11.9. The number of furan rings is 1. The van der Waals surface area contributed by atoms with Crippen LogP contribution in [0.3, 0.4) is 0 Å². The van der Waals surface area contributed by atoms with Crippen LogP contribution in [0.15, 0.2) is 47.1 Å². The van der Waals surface area contributed by atoms with Gasteiger partial charge in [0.2, 0.25) is 5.82 Å². The Morgan fingerprint density at radius 2 is 2.12 bits per heavy atom. The molecule has 2 amide bonds. The van der Waals surface area contributed by atoms with E-state index in [9.17, 15) is 4.79 Å². The summed E-state index contributed by atoms with van der Waals surface area (Å²) in [6.07, 6.45) is 2.24. The maximum absolute atomic E-state index is 11.9. The number of rotatable bonds is 7. The molecule has 1 aromatic carbocycles. The van der Waals surface area contributed by atoms with Gasteiger partial charge >= 0.3 is 6.03 Å². The van der Waals surface area contributed by atoms with E-state index in [1.807, 2.05) is 24.3 Å². The fraction of sp³-hybridized carbons (Fsp3) is 0.235. The first-order valence-corrected chi connectivity index (χ1v) is 7.85. The third-order valence-electron chi connectivity index (χ3n) is 3.56. The number of H-pyrrole nitrogens is 1. The number of amides is 2. The number of nitrogens with zero attached hydrogens (tertiary/aromatic N) is 2. The van der Waals surface area contributed by atoms with Gasteiger partial charge in [0.25, 0.3) is 0 Å². The zero-order valence-corrected chi connectivity index (χ0v) is 13.8. The molecule has 8 heteroatoms. The highest BCUT2D eigenvalue weighted by Crippen LogP contribution is 2.17. The maximum Gasteiger partial charge on any atom is 0.315 e. The van der Waals surface area contributed by atoms with E-state index >= 15 is 0 Å². The number of para-hydroxylation sites is 1. The summed E-state index contributed by atoms with van der Waals surface area (Å²) in [4.78, 5) is 16.1. The van der Waals surface area contributed by atoms with Gasteiger partial charge in [0.15, 0.2) is 5.76 Å². The number of ether oxygens (including phenoxy) is 1. The van der Waals surface area contributed by atoms with Crippen molar-refractivity contribution in [2.24, 2.45) is 0 Å². The van der Waals surface area contributed by atoms with Gasteiger partial charge in [-0.25, -0.2) is 9.78 Å². The lowest BCUT2D eigenvalue weighted by Gasteiger charge is -2.09. The Labute approximate surface area is 144 Å². The van der Waals surface area contributed by atoms with Crippen molar-refractivity contribution in [3.05, 3.63) is 54.0 Å². The number of carbonyl (C=O) groups is 1. The fourth-order valence-corrected chi connectivity index (χ4v) is 2.34. The Hall–Kier alpha value is -3.29. The van der Waals surface area contributed by atoms with Gasteiger partial charge in [-0.3, -0.25) is 5.10 Å². The van der Waals surface area contributed by atoms with Crippen molar-refractivity contribution in [1.29, 1.82) is 0 Å². The Bertz CT molecular complexity index is 813. The zero-order chi connectivity index (χ0) is 17.5. The summed E-state index contributed by atoms with van der Waals surface area (Å²) in [5, 5.41) is 12.3. The van der Waals surface area contributed by atoms with E-state index in [4.69, 9.17) is 9.15 Å². The molecule has 0 saturated carbocycles. The summed E-state index contributed by atoms with van der Waals surface area (Å²) < 4.78 is 10.5. The molecule has 0 aliphatic rings. The molecule has 25 heavy (non-hydrogen) atoms. The summed E-state index contributed by atoms with van der Waals surface area (Å²) >= 11 is 0. The summed E-state index contributed by atoms with van der Waals surface area (Å²) in [6.45, 7) is 0.745. The molecule has 3 N–H and O–H groups in total. The number of aromatic nitrogens is 3. The largest absolute Gasteiger partial charge is 0.496 e. The van der Waals surface area contributed by atoms with E-state index < -0.39 is 0 Å². The third kappa shape index (κ3) is 4.37. The van der Waals surface area contributed by atoms with Crippen LogP contribution in [0.5, 0.6) is 5.75 Å². The van der Waals surface area contributed by atoms with E-state index in [0.29, 0.717) is 30.4 Å². The number of hydrogen-bond acceptors (Lipinski definition) is 5. The number of carbonyl (C=O) groups excluding carboxylic acids is 1. The molecular weight excluding hydrogens is 322 g/mol. The minimum absolute atomic E-state index is 0.244. The van der Waals surface area contributed by atoms with E-state index in [2.05, 4.69) is 25.8 Å². The van der Waals surface area contributed by atoms with Gasteiger partial charge in [0.05, 0.1) is 19.9 Å². The minimum Gasteiger partial charge on any atom is -0.496 e. The first-order chi connectivity index (χ1) is 12.3. The fourth-order valence-electron chi connectivity index (χ4n) is 2.34. The van der Waals surface area contributed by atoms with E-state index in [1.54, 1.807) is 25.5 Å². The van der Waals surface area contributed by atoms with Crippen LogP contribution in [0, 0.1) is 0 Å². The normalized spacial score (nSPS) is 10.4. The highest BCUT2D eigenvalue weighted by atomic mass is 16.5. The number of nitrogens with one attached hydrogen (secondary N) is 3. The van der Waals surface area contributed by atoms with Gasteiger partial charge < -0.3 is 19.8 Å².